The van der Waals surface area contributed by atoms with Crippen molar-refractivity contribution in [2.24, 2.45) is 5.41 Å². The van der Waals surface area contributed by atoms with Crippen LogP contribution >= 0.6 is 0 Å². The van der Waals surface area contributed by atoms with Crippen molar-refractivity contribution in [2.75, 3.05) is 7.11 Å². The van der Waals surface area contributed by atoms with Crippen LogP contribution in [0.15, 0.2) is 18.2 Å². The van der Waals surface area contributed by atoms with Crippen molar-refractivity contribution in [1.82, 2.24) is 0 Å². The second-order valence-electron chi connectivity index (χ2n) is 5.00. The number of hydrogen-bond donors (Lipinski definition) is 0. The van der Waals surface area contributed by atoms with Crippen LogP contribution in [0.3, 0.4) is 0 Å². The molecule has 0 heterocycles. The van der Waals surface area contributed by atoms with E-state index in [2.05, 4.69) is 5.92 Å². The minimum absolute atomic E-state index is 0.162. The van der Waals surface area contributed by atoms with Crippen molar-refractivity contribution >= 4 is 5.97 Å². The lowest BCUT2D eigenvalue weighted by molar-refractivity contribution is -0.154. The average Bonchev–Trinajstić information content (AvgIpc) is 2.34. The summed E-state index contributed by atoms with van der Waals surface area (Å²) in [6.45, 7) is 5.59. The third-order valence-electron chi connectivity index (χ3n) is 2.42. The van der Waals surface area contributed by atoms with Crippen molar-refractivity contribution in [3.05, 3.63) is 29.3 Å². The van der Waals surface area contributed by atoms with Crippen LogP contribution in [0.4, 0.5) is 0 Å². The van der Waals surface area contributed by atoms with E-state index in [1.54, 1.807) is 25.3 Å². The van der Waals surface area contributed by atoms with Crippen LogP contribution < -0.4 is 4.74 Å². The summed E-state index contributed by atoms with van der Waals surface area (Å²) in [4.78, 5) is 11.7. The van der Waals surface area contributed by atoms with Crippen LogP contribution in [0.25, 0.3) is 0 Å². The molecule has 1 rings (SSSR count). The highest BCUT2D eigenvalue weighted by molar-refractivity contribution is 5.75. The Hall–Kier alpha value is -1.95. The highest BCUT2D eigenvalue weighted by atomic mass is 16.5. The number of ether oxygens (including phenoxy) is 2. The van der Waals surface area contributed by atoms with E-state index in [4.69, 9.17) is 15.9 Å². The zero-order valence-corrected chi connectivity index (χ0v) is 11.2. The van der Waals surface area contributed by atoms with Gasteiger partial charge in [0.2, 0.25) is 0 Å². The summed E-state index contributed by atoms with van der Waals surface area (Å²) in [5.41, 5.74) is 0.986. The molecule has 0 aliphatic rings. The molecule has 0 aliphatic heterocycles. The maximum atomic E-state index is 11.7. The smallest absolute Gasteiger partial charge is 0.311 e. The number of benzene rings is 1. The van der Waals surface area contributed by atoms with Crippen LogP contribution in [0.1, 0.15) is 31.9 Å². The van der Waals surface area contributed by atoms with Gasteiger partial charge in [-0.05, 0) is 39.0 Å². The Bertz CT molecular complexity index is 475. The maximum absolute atomic E-state index is 11.7. The van der Waals surface area contributed by atoms with Gasteiger partial charge in [-0.1, -0.05) is 5.92 Å². The molecule has 18 heavy (non-hydrogen) atoms. The lowest BCUT2D eigenvalue weighted by Gasteiger charge is -2.17. The summed E-state index contributed by atoms with van der Waals surface area (Å²) in [7, 11) is 1.57. The van der Waals surface area contributed by atoms with Crippen molar-refractivity contribution < 1.29 is 14.3 Å². The van der Waals surface area contributed by atoms with E-state index in [1.807, 2.05) is 20.8 Å². The number of rotatable bonds is 3. The highest BCUT2D eigenvalue weighted by Crippen LogP contribution is 2.22. The Morgan fingerprint density at radius 1 is 1.39 bits per heavy atom. The van der Waals surface area contributed by atoms with Gasteiger partial charge in [0.1, 0.15) is 12.4 Å². The highest BCUT2D eigenvalue weighted by Gasteiger charge is 2.23. The molecular weight excluding hydrogens is 228 g/mol. The molecule has 0 N–H and O–H groups in total. The predicted octanol–water partition coefficient (Wildman–Crippen LogP) is 2.77. The Morgan fingerprint density at radius 3 is 2.56 bits per heavy atom. The van der Waals surface area contributed by atoms with E-state index in [1.165, 1.54) is 0 Å². The monoisotopic (exact) mass is 246 g/mol. The molecule has 0 saturated heterocycles. The predicted molar refractivity (Wildman–Crippen MR) is 70.2 cm³/mol. The normalized spacial score (nSPS) is 10.6. The molecule has 0 amide bonds. The fraction of sp³-hybridized carbons (Fsp3) is 0.400. The Morgan fingerprint density at radius 2 is 2.06 bits per heavy atom. The molecule has 0 radical (unpaired) electrons. The topological polar surface area (TPSA) is 35.5 Å². The van der Waals surface area contributed by atoms with Crippen molar-refractivity contribution in [3.63, 3.8) is 0 Å². The quantitative estimate of drug-likeness (QED) is 0.607. The molecule has 0 aromatic heterocycles. The van der Waals surface area contributed by atoms with E-state index in [-0.39, 0.29) is 12.6 Å². The van der Waals surface area contributed by atoms with Crippen molar-refractivity contribution in [1.29, 1.82) is 0 Å². The fourth-order valence-electron chi connectivity index (χ4n) is 1.34. The molecule has 3 heteroatoms. The van der Waals surface area contributed by atoms with Gasteiger partial charge in [-0.3, -0.25) is 4.79 Å². The Labute approximate surface area is 108 Å². The summed E-state index contributed by atoms with van der Waals surface area (Å²) < 4.78 is 10.4. The van der Waals surface area contributed by atoms with E-state index in [9.17, 15) is 4.79 Å². The van der Waals surface area contributed by atoms with E-state index < -0.39 is 5.41 Å². The SMILES string of the molecule is C#Cc1ccc(OC)c(COC(=O)C(C)(C)C)c1. The number of terminal acetylenes is 1. The molecule has 96 valence electrons. The first kappa shape index (κ1) is 14.1. The van der Waals surface area contributed by atoms with Gasteiger partial charge in [-0.15, -0.1) is 6.42 Å². The number of methoxy groups -OCH3 is 1. The first-order valence-corrected chi connectivity index (χ1v) is 5.69. The van der Waals surface area contributed by atoms with E-state index in [0.717, 1.165) is 11.1 Å². The van der Waals surface area contributed by atoms with Gasteiger partial charge < -0.3 is 9.47 Å². The summed E-state index contributed by atoms with van der Waals surface area (Å²) in [5.74, 6) is 2.95. The van der Waals surface area contributed by atoms with Gasteiger partial charge in [0.15, 0.2) is 0 Å². The van der Waals surface area contributed by atoms with Gasteiger partial charge in [0.05, 0.1) is 12.5 Å². The van der Waals surface area contributed by atoms with Crippen LogP contribution in [-0.2, 0) is 16.1 Å². The average molecular weight is 246 g/mol. The second kappa shape index (κ2) is 5.59. The van der Waals surface area contributed by atoms with Gasteiger partial charge in [0.25, 0.3) is 0 Å². The molecule has 1 aromatic rings. The number of carbonyl (C=O) groups is 1. The van der Waals surface area contributed by atoms with Gasteiger partial charge in [-0.2, -0.15) is 0 Å². The third kappa shape index (κ3) is 3.53. The number of hydrogen-bond acceptors (Lipinski definition) is 3. The van der Waals surface area contributed by atoms with Crippen LogP contribution in [-0.4, -0.2) is 13.1 Å². The molecule has 0 bridgehead atoms. The lowest BCUT2D eigenvalue weighted by atomic mass is 9.97. The second-order valence-corrected chi connectivity index (χ2v) is 5.00. The van der Waals surface area contributed by atoms with Gasteiger partial charge in [-0.25, -0.2) is 0 Å². The zero-order valence-electron chi connectivity index (χ0n) is 11.2. The summed E-state index contributed by atoms with van der Waals surface area (Å²) in [6, 6.07) is 5.35. The molecule has 0 spiro atoms. The molecule has 0 unspecified atom stereocenters. The largest absolute Gasteiger partial charge is 0.496 e. The first-order chi connectivity index (χ1) is 8.38. The van der Waals surface area contributed by atoms with Crippen molar-refractivity contribution in [2.45, 2.75) is 27.4 Å². The summed E-state index contributed by atoms with van der Waals surface area (Å²) >= 11 is 0. The molecule has 0 fully saturated rings. The first-order valence-electron chi connectivity index (χ1n) is 5.69. The number of carbonyl (C=O) groups excluding carboxylic acids is 1. The van der Waals surface area contributed by atoms with Gasteiger partial charge >= 0.3 is 5.97 Å². The summed E-state index contributed by atoms with van der Waals surface area (Å²) in [5, 5.41) is 0. The van der Waals surface area contributed by atoms with Crippen molar-refractivity contribution in [3.8, 4) is 18.1 Å². The Balaban J connectivity index is 2.84. The Kier molecular flexibility index (Phi) is 4.38. The van der Waals surface area contributed by atoms with E-state index >= 15 is 0 Å². The molecule has 3 nitrogen and oxygen atoms in total. The summed E-state index contributed by atoms with van der Waals surface area (Å²) in [6.07, 6.45) is 5.34. The maximum Gasteiger partial charge on any atom is 0.311 e. The molecule has 1 aromatic carbocycles. The minimum atomic E-state index is -0.517. The zero-order chi connectivity index (χ0) is 13.8. The van der Waals surface area contributed by atoms with Crippen LogP contribution in [0, 0.1) is 17.8 Å². The minimum Gasteiger partial charge on any atom is -0.496 e. The lowest BCUT2D eigenvalue weighted by Crippen LogP contribution is -2.22. The van der Waals surface area contributed by atoms with Crippen LogP contribution in [0.2, 0.25) is 0 Å². The van der Waals surface area contributed by atoms with E-state index in [0.29, 0.717) is 5.75 Å². The molecule has 0 aliphatic carbocycles. The standard InChI is InChI=1S/C15H18O3/c1-6-11-7-8-13(17-5)12(9-11)10-18-14(16)15(2,3)4/h1,7-9H,10H2,2-5H3. The number of esters is 1. The van der Waals surface area contributed by atoms with Gasteiger partial charge in [0, 0.05) is 11.1 Å². The molecule has 0 atom stereocenters. The fourth-order valence-corrected chi connectivity index (χ4v) is 1.34. The molecular formula is C15H18O3. The van der Waals surface area contributed by atoms with Crippen LogP contribution in [0.5, 0.6) is 5.75 Å². The third-order valence-corrected chi connectivity index (χ3v) is 2.42. The molecule has 0 saturated carbocycles.